The molecule has 136 valence electrons. The first-order valence-corrected chi connectivity index (χ1v) is 8.80. The quantitative estimate of drug-likeness (QED) is 0.810. The molecule has 0 bridgehead atoms. The molecule has 0 unspecified atom stereocenters. The van der Waals surface area contributed by atoms with Gasteiger partial charge in [0, 0.05) is 5.69 Å². The van der Waals surface area contributed by atoms with Crippen LogP contribution in [0, 0.1) is 0 Å². The third-order valence-corrected chi connectivity index (χ3v) is 4.55. The molecule has 1 aliphatic carbocycles. The second-order valence-electron chi connectivity index (χ2n) is 6.48. The summed E-state index contributed by atoms with van der Waals surface area (Å²) in [6.45, 7) is 1.71. The number of amides is 1. The summed E-state index contributed by atoms with van der Waals surface area (Å²) in [5.41, 5.74) is 4.33. The summed E-state index contributed by atoms with van der Waals surface area (Å²) in [5.74, 6) is 0.0950. The molecule has 0 radical (unpaired) electrons. The summed E-state index contributed by atoms with van der Waals surface area (Å²) in [4.78, 5) is 23.6. The van der Waals surface area contributed by atoms with Crippen molar-refractivity contribution in [2.45, 2.75) is 38.7 Å². The van der Waals surface area contributed by atoms with Crippen LogP contribution in [0.15, 0.2) is 42.5 Å². The summed E-state index contributed by atoms with van der Waals surface area (Å²) in [6, 6.07) is 13.2. The number of hydrogen-bond acceptors (Lipinski definition) is 4. The van der Waals surface area contributed by atoms with E-state index < -0.39 is 6.10 Å². The Morgan fingerprint density at radius 2 is 1.81 bits per heavy atom. The fourth-order valence-electron chi connectivity index (χ4n) is 3.08. The lowest BCUT2D eigenvalue weighted by Gasteiger charge is -2.15. The molecule has 0 saturated carbocycles. The zero-order valence-corrected chi connectivity index (χ0v) is 15.1. The second-order valence-corrected chi connectivity index (χ2v) is 6.48. The normalized spacial score (nSPS) is 13.6. The topological polar surface area (TPSA) is 64.6 Å². The van der Waals surface area contributed by atoms with Gasteiger partial charge in [0.05, 0.1) is 13.5 Å². The first kappa shape index (κ1) is 18.0. The molecule has 0 spiro atoms. The third-order valence-electron chi connectivity index (χ3n) is 4.55. The van der Waals surface area contributed by atoms with Crippen molar-refractivity contribution in [1.82, 2.24) is 0 Å². The highest BCUT2D eigenvalue weighted by molar-refractivity contribution is 5.94. The molecule has 1 atom stereocenters. The second kappa shape index (κ2) is 8.04. The molecule has 0 aromatic heterocycles. The minimum absolute atomic E-state index is 0.193. The highest BCUT2D eigenvalue weighted by Crippen LogP contribution is 2.25. The van der Waals surface area contributed by atoms with E-state index in [-0.39, 0.29) is 18.3 Å². The molecule has 5 nitrogen and oxygen atoms in total. The number of benzene rings is 2. The zero-order valence-electron chi connectivity index (χ0n) is 15.1. The number of hydrogen-bond donors (Lipinski definition) is 1. The first-order chi connectivity index (χ1) is 12.5. The Morgan fingerprint density at radius 3 is 2.54 bits per heavy atom. The molecule has 26 heavy (non-hydrogen) atoms. The minimum atomic E-state index is -0.630. The Morgan fingerprint density at radius 1 is 1.08 bits per heavy atom. The lowest BCUT2D eigenvalue weighted by Crippen LogP contribution is -2.30. The van der Waals surface area contributed by atoms with Crippen LogP contribution in [0.25, 0.3) is 0 Å². The van der Waals surface area contributed by atoms with Gasteiger partial charge in [-0.3, -0.25) is 9.59 Å². The Labute approximate surface area is 153 Å². The van der Waals surface area contributed by atoms with Crippen LogP contribution in [0.4, 0.5) is 5.69 Å². The number of anilines is 1. The number of aryl methyl sites for hydroxylation is 2. The lowest BCUT2D eigenvalue weighted by molar-refractivity contribution is -0.139. The smallest absolute Gasteiger partial charge is 0.309 e. The number of rotatable bonds is 6. The van der Waals surface area contributed by atoms with Crippen LogP contribution in [0.1, 0.15) is 30.0 Å². The molecule has 1 amide bonds. The maximum atomic E-state index is 12.4. The highest BCUT2D eigenvalue weighted by atomic mass is 16.5. The van der Waals surface area contributed by atoms with E-state index in [0.717, 1.165) is 24.1 Å². The molecule has 1 aliphatic rings. The third kappa shape index (κ3) is 4.42. The van der Waals surface area contributed by atoms with Gasteiger partial charge in [0.2, 0.25) is 0 Å². The van der Waals surface area contributed by atoms with Crippen molar-refractivity contribution < 1.29 is 19.1 Å². The van der Waals surface area contributed by atoms with Gasteiger partial charge in [-0.1, -0.05) is 18.2 Å². The summed E-state index contributed by atoms with van der Waals surface area (Å²) in [7, 11) is 1.36. The first-order valence-electron chi connectivity index (χ1n) is 8.80. The number of carbonyl (C=O) groups excluding carboxylic acids is 2. The van der Waals surface area contributed by atoms with Crippen LogP contribution in [-0.2, 0) is 33.6 Å². The highest BCUT2D eigenvalue weighted by Gasteiger charge is 2.17. The Bertz CT molecular complexity index is 798. The molecule has 0 aliphatic heterocycles. The molecule has 1 N–H and O–H groups in total. The van der Waals surface area contributed by atoms with E-state index in [1.165, 1.54) is 24.7 Å². The molecular weight excluding hydrogens is 330 g/mol. The summed E-state index contributed by atoms with van der Waals surface area (Å²) >= 11 is 0. The minimum Gasteiger partial charge on any atom is -0.481 e. The van der Waals surface area contributed by atoms with Gasteiger partial charge in [-0.05, 0) is 67.1 Å². The van der Waals surface area contributed by atoms with E-state index in [4.69, 9.17) is 4.74 Å². The molecule has 0 fully saturated rings. The van der Waals surface area contributed by atoms with Crippen LogP contribution >= 0.6 is 0 Å². The van der Waals surface area contributed by atoms with Gasteiger partial charge in [0.25, 0.3) is 5.91 Å². The van der Waals surface area contributed by atoms with Crippen molar-refractivity contribution in [1.29, 1.82) is 0 Å². The predicted molar refractivity (Wildman–Crippen MR) is 99.3 cm³/mol. The van der Waals surface area contributed by atoms with Crippen molar-refractivity contribution in [3.8, 4) is 5.75 Å². The average molecular weight is 353 g/mol. The standard InChI is InChI=1S/C21H23NO4/c1-14(26-19-10-6-15(7-11-19)12-20(23)25-2)21(24)22-18-9-8-16-4-3-5-17(16)13-18/h6-11,13-14H,3-5,12H2,1-2H3,(H,22,24)/t14-/m0/s1. The molecule has 3 rings (SSSR count). The van der Waals surface area contributed by atoms with E-state index in [1.54, 1.807) is 31.2 Å². The zero-order chi connectivity index (χ0) is 18.5. The number of nitrogens with one attached hydrogen (secondary N) is 1. The van der Waals surface area contributed by atoms with Crippen molar-refractivity contribution in [3.05, 3.63) is 59.2 Å². The number of carbonyl (C=O) groups is 2. The lowest BCUT2D eigenvalue weighted by atomic mass is 10.1. The Balaban J connectivity index is 1.56. The largest absolute Gasteiger partial charge is 0.481 e. The maximum Gasteiger partial charge on any atom is 0.309 e. The Kier molecular flexibility index (Phi) is 5.56. The van der Waals surface area contributed by atoms with E-state index >= 15 is 0 Å². The van der Waals surface area contributed by atoms with Gasteiger partial charge in [-0.2, -0.15) is 0 Å². The van der Waals surface area contributed by atoms with Gasteiger partial charge in [-0.25, -0.2) is 0 Å². The van der Waals surface area contributed by atoms with Crippen LogP contribution in [0.5, 0.6) is 5.75 Å². The Hall–Kier alpha value is -2.82. The van der Waals surface area contributed by atoms with Crippen LogP contribution in [-0.4, -0.2) is 25.1 Å². The maximum absolute atomic E-state index is 12.4. The molecule has 0 heterocycles. The monoisotopic (exact) mass is 353 g/mol. The number of methoxy groups -OCH3 is 1. The average Bonchev–Trinajstić information content (AvgIpc) is 3.11. The van der Waals surface area contributed by atoms with Gasteiger partial charge in [-0.15, -0.1) is 0 Å². The van der Waals surface area contributed by atoms with E-state index in [9.17, 15) is 9.59 Å². The number of esters is 1. The van der Waals surface area contributed by atoms with Gasteiger partial charge in [0.15, 0.2) is 6.10 Å². The van der Waals surface area contributed by atoms with Crippen molar-refractivity contribution in [2.24, 2.45) is 0 Å². The summed E-state index contributed by atoms with van der Waals surface area (Å²) in [6.07, 6.45) is 2.95. The molecule has 2 aromatic carbocycles. The molecule has 5 heteroatoms. The number of fused-ring (bicyclic) bond motifs is 1. The van der Waals surface area contributed by atoms with Crippen molar-refractivity contribution in [3.63, 3.8) is 0 Å². The SMILES string of the molecule is COC(=O)Cc1ccc(O[C@@H](C)C(=O)Nc2ccc3c(c2)CCC3)cc1. The molecule has 2 aromatic rings. The van der Waals surface area contributed by atoms with Crippen LogP contribution in [0.2, 0.25) is 0 Å². The van der Waals surface area contributed by atoms with Gasteiger partial charge in [0.1, 0.15) is 5.75 Å². The fourth-order valence-corrected chi connectivity index (χ4v) is 3.08. The predicted octanol–water partition coefficient (Wildman–Crippen LogP) is 3.30. The van der Waals surface area contributed by atoms with Crippen molar-refractivity contribution in [2.75, 3.05) is 12.4 Å². The summed E-state index contributed by atoms with van der Waals surface area (Å²) in [5, 5.41) is 2.91. The van der Waals surface area contributed by atoms with Gasteiger partial charge >= 0.3 is 5.97 Å². The number of ether oxygens (including phenoxy) is 2. The van der Waals surface area contributed by atoms with E-state index in [2.05, 4.69) is 22.2 Å². The summed E-state index contributed by atoms with van der Waals surface area (Å²) < 4.78 is 10.3. The van der Waals surface area contributed by atoms with Crippen LogP contribution in [0.3, 0.4) is 0 Å². The molecular formula is C21H23NO4. The van der Waals surface area contributed by atoms with Crippen LogP contribution < -0.4 is 10.1 Å². The fraction of sp³-hybridized carbons (Fsp3) is 0.333. The molecule has 0 saturated heterocycles. The van der Waals surface area contributed by atoms with Crippen molar-refractivity contribution >= 4 is 17.6 Å². The van der Waals surface area contributed by atoms with Gasteiger partial charge < -0.3 is 14.8 Å². The van der Waals surface area contributed by atoms with E-state index in [0.29, 0.717) is 5.75 Å². The van der Waals surface area contributed by atoms with E-state index in [1.807, 2.05) is 6.07 Å².